The summed E-state index contributed by atoms with van der Waals surface area (Å²) in [6.07, 6.45) is -0.0936. The van der Waals surface area contributed by atoms with Crippen LogP contribution in [-0.2, 0) is 13.5 Å². The van der Waals surface area contributed by atoms with Crippen LogP contribution in [-0.4, -0.2) is 14.9 Å². The highest BCUT2D eigenvalue weighted by Crippen LogP contribution is 2.29. The van der Waals surface area contributed by atoms with E-state index in [-0.39, 0.29) is 0 Å². The number of nitrogens with zero attached hydrogens (tertiary/aromatic N) is 2. The molecule has 0 aliphatic rings. The van der Waals surface area contributed by atoms with Gasteiger partial charge in [0.05, 0.1) is 22.5 Å². The lowest BCUT2D eigenvalue weighted by molar-refractivity contribution is 0.174. The van der Waals surface area contributed by atoms with Crippen LogP contribution >= 0.6 is 11.6 Å². The van der Waals surface area contributed by atoms with E-state index >= 15 is 0 Å². The summed E-state index contributed by atoms with van der Waals surface area (Å²) in [6, 6.07) is 4.20. The van der Waals surface area contributed by atoms with Crippen LogP contribution in [0.1, 0.15) is 39.7 Å². The van der Waals surface area contributed by atoms with Crippen LogP contribution in [0.2, 0.25) is 5.02 Å². The Balaban J connectivity index is 2.36. The fraction of sp³-hybridized carbons (Fsp3) is 0.438. The van der Waals surface area contributed by atoms with Crippen LogP contribution < -0.4 is 0 Å². The molecular formula is C16H21ClN2O. The number of aliphatic hydroxyl groups is 1. The topological polar surface area (TPSA) is 38.1 Å². The lowest BCUT2D eigenvalue weighted by atomic mass is 9.93. The Morgan fingerprint density at radius 1 is 1.20 bits per heavy atom. The van der Waals surface area contributed by atoms with Gasteiger partial charge < -0.3 is 5.11 Å². The summed E-state index contributed by atoms with van der Waals surface area (Å²) >= 11 is 6.26. The Morgan fingerprint density at radius 3 is 2.20 bits per heavy atom. The molecule has 0 aliphatic heterocycles. The van der Waals surface area contributed by atoms with Crippen molar-refractivity contribution in [1.29, 1.82) is 0 Å². The minimum atomic E-state index is -0.567. The summed E-state index contributed by atoms with van der Waals surface area (Å²) in [5.74, 6) is 0. The van der Waals surface area contributed by atoms with Crippen molar-refractivity contribution < 1.29 is 5.11 Å². The van der Waals surface area contributed by atoms with E-state index in [0.29, 0.717) is 11.4 Å². The van der Waals surface area contributed by atoms with Crippen LogP contribution in [0.4, 0.5) is 0 Å². The Labute approximate surface area is 125 Å². The summed E-state index contributed by atoms with van der Waals surface area (Å²) < 4.78 is 1.75. The number of aliphatic hydroxyl groups excluding tert-OH is 1. The number of benzene rings is 1. The van der Waals surface area contributed by atoms with Crippen LogP contribution in [0, 0.1) is 27.7 Å². The first kappa shape index (κ1) is 15.1. The van der Waals surface area contributed by atoms with E-state index in [1.807, 2.05) is 27.8 Å². The van der Waals surface area contributed by atoms with Gasteiger partial charge in [0.1, 0.15) is 0 Å². The molecule has 20 heavy (non-hydrogen) atoms. The van der Waals surface area contributed by atoms with Gasteiger partial charge in [0.2, 0.25) is 0 Å². The molecule has 0 aliphatic carbocycles. The van der Waals surface area contributed by atoms with Gasteiger partial charge >= 0.3 is 0 Å². The minimum absolute atomic E-state index is 0.473. The summed E-state index contributed by atoms with van der Waals surface area (Å²) in [5.41, 5.74) is 6.11. The zero-order valence-corrected chi connectivity index (χ0v) is 13.4. The van der Waals surface area contributed by atoms with E-state index in [1.54, 1.807) is 4.68 Å². The molecule has 1 atom stereocenters. The number of rotatable bonds is 3. The van der Waals surface area contributed by atoms with Gasteiger partial charge in [-0.2, -0.15) is 5.10 Å². The number of halogens is 1. The largest absolute Gasteiger partial charge is 0.388 e. The zero-order chi connectivity index (χ0) is 15.0. The van der Waals surface area contributed by atoms with Crippen molar-refractivity contribution in [1.82, 2.24) is 9.78 Å². The zero-order valence-electron chi connectivity index (χ0n) is 12.7. The first-order valence-electron chi connectivity index (χ1n) is 6.75. The van der Waals surface area contributed by atoms with Crippen molar-refractivity contribution in [2.24, 2.45) is 7.05 Å². The second-order valence-corrected chi connectivity index (χ2v) is 5.88. The number of hydrogen-bond donors (Lipinski definition) is 1. The van der Waals surface area contributed by atoms with E-state index in [9.17, 15) is 5.11 Å². The molecule has 1 aromatic heterocycles. The fourth-order valence-corrected chi connectivity index (χ4v) is 3.14. The van der Waals surface area contributed by atoms with Gasteiger partial charge in [0.15, 0.2) is 0 Å². The first-order chi connectivity index (χ1) is 9.31. The van der Waals surface area contributed by atoms with Crippen molar-refractivity contribution in [2.75, 3.05) is 0 Å². The maximum atomic E-state index is 10.6. The van der Waals surface area contributed by atoms with Gasteiger partial charge in [-0.3, -0.25) is 4.68 Å². The Hall–Kier alpha value is -1.32. The van der Waals surface area contributed by atoms with Crippen LogP contribution in [0.15, 0.2) is 12.1 Å². The van der Waals surface area contributed by atoms with E-state index in [1.165, 1.54) is 5.56 Å². The maximum Gasteiger partial charge on any atom is 0.0851 e. The molecule has 0 fully saturated rings. The van der Waals surface area contributed by atoms with Crippen LogP contribution in [0.25, 0.3) is 0 Å². The van der Waals surface area contributed by atoms with Gasteiger partial charge in [0.25, 0.3) is 0 Å². The molecule has 0 amide bonds. The van der Waals surface area contributed by atoms with Crippen LogP contribution in [0.5, 0.6) is 0 Å². The fourth-order valence-electron chi connectivity index (χ4n) is 2.90. The second kappa shape index (κ2) is 5.58. The standard InChI is InChI=1S/C16H21ClN2O/c1-9-6-10(2)15(11(3)7-9)14(20)8-13-16(17)12(4)18-19(13)5/h6-7,14,20H,8H2,1-5H3. The van der Waals surface area contributed by atoms with Crippen molar-refractivity contribution in [3.63, 3.8) is 0 Å². The molecule has 1 heterocycles. The molecule has 1 aromatic carbocycles. The third kappa shape index (κ3) is 2.74. The molecular weight excluding hydrogens is 272 g/mol. The molecule has 0 radical (unpaired) electrons. The summed E-state index contributed by atoms with van der Waals surface area (Å²) in [6.45, 7) is 8.02. The maximum absolute atomic E-state index is 10.6. The molecule has 4 heteroatoms. The normalized spacial score (nSPS) is 12.8. The smallest absolute Gasteiger partial charge is 0.0851 e. The van der Waals surface area contributed by atoms with Crippen molar-refractivity contribution in [3.05, 3.63) is 50.8 Å². The van der Waals surface area contributed by atoms with Gasteiger partial charge in [-0.15, -0.1) is 0 Å². The number of hydrogen-bond acceptors (Lipinski definition) is 2. The molecule has 1 unspecified atom stereocenters. The number of aromatic nitrogens is 2. The second-order valence-electron chi connectivity index (χ2n) is 5.50. The molecule has 2 aromatic rings. The summed E-state index contributed by atoms with van der Waals surface area (Å²) in [4.78, 5) is 0. The van der Waals surface area contributed by atoms with Gasteiger partial charge in [0, 0.05) is 13.5 Å². The van der Waals surface area contributed by atoms with E-state index < -0.39 is 6.10 Å². The summed E-state index contributed by atoms with van der Waals surface area (Å²) in [5, 5.41) is 15.5. The van der Waals surface area contributed by atoms with Crippen LogP contribution in [0.3, 0.4) is 0 Å². The van der Waals surface area contributed by atoms with E-state index in [2.05, 4.69) is 24.2 Å². The highest BCUT2D eigenvalue weighted by atomic mass is 35.5. The first-order valence-corrected chi connectivity index (χ1v) is 7.12. The highest BCUT2D eigenvalue weighted by Gasteiger charge is 2.19. The molecule has 0 bridgehead atoms. The van der Waals surface area contributed by atoms with E-state index in [4.69, 9.17) is 11.6 Å². The average Bonchev–Trinajstić information content (AvgIpc) is 2.54. The third-order valence-corrected chi connectivity index (χ3v) is 4.21. The van der Waals surface area contributed by atoms with Gasteiger partial charge in [-0.1, -0.05) is 29.3 Å². The Bertz CT molecular complexity index is 623. The van der Waals surface area contributed by atoms with Crippen molar-refractivity contribution in [2.45, 2.75) is 40.2 Å². The highest BCUT2D eigenvalue weighted by molar-refractivity contribution is 6.31. The van der Waals surface area contributed by atoms with E-state index in [0.717, 1.165) is 28.1 Å². The molecule has 0 saturated carbocycles. The molecule has 3 nitrogen and oxygen atoms in total. The lowest BCUT2D eigenvalue weighted by Gasteiger charge is -2.18. The minimum Gasteiger partial charge on any atom is -0.388 e. The predicted octanol–water partition coefficient (Wildman–Crippen LogP) is 3.58. The monoisotopic (exact) mass is 292 g/mol. The Morgan fingerprint density at radius 2 is 1.75 bits per heavy atom. The van der Waals surface area contributed by atoms with Crippen molar-refractivity contribution in [3.8, 4) is 0 Å². The lowest BCUT2D eigenvalue weighted by Crippen LogP contribution is -2.10. The molecule has 2 rings (SSSR count). The molecule has 1 N–H and O–H groups in total. The predicted molar refractivity (Wildman–Crippen MR) is 82.3 cm³/mol. The Kier molecular flexibility index (Phi) is 4.21. The molecule has 0 saturated heterocycles. The SMILES string of the molecule is Cc1cc(C)c(C(O)Cc2c(Cl)c(C)nn2C)c(C)c1. The third-order valence-electron chi connectivity index (χ3n) is 3.72. The average molecular weight is 293 g/mol. The van der Waals surface area contributed by atoms with Crippen molar-refractivity contribution >= 4 is 11.6 Å². The number of aryl methyl sites for hydroxylation is 5. The summed E-state index contributed by atoms with van der Waals surface area (Å²) in [7, 11) is 1.86. The van der Waals surface area contributed by atoms with Gasteiger partial charge in [-0.25, -0.2) is 0 Å². The molecule has 0 spiro atoms. The molecule has 108 valence electrons. The quantitative estimate of drug-likeness (QED) is 0.939. The van der Waals surface area contributed by atoms with Gasteiger partial charge in [-0.05, 0) is 44.4 Å².